The van der Waals surface area contributed by atoms with Gasteiger partial charge >= 0.3 is 6.61 Å². The number of alkyl halides is 2. The van der Waals surface area contributed by atoms with Gasteiger partial charge in [-0.25, -0.2) is 4.39 Å². The quantitative estimate of drug-likeness (QED) is 0.714. The van der Waals surface area contributed by atoms with Crippen LogP contribution in [0, 0.1) is 5.82 Å². The molecule has 162 valence electrons. The van der Waals surface area contributed by atoms with Crippen LogP contribution in [0.4, 0.5) is 18.9 Å². The minimum absolute atomic E-state index is 0.0498. The molecule has 0 spiro atoms. The molecule has 0 aliphatic carbocycles. The van der Waals surface area contributed by atoms with Gasteiger partial charge in [0.2, 0.25) is 5.91 Å². The van der Waals surface area contributed by atoms with E-state index in [-0.39, 0.29) is 24.5 Å². The number of halogens is 3. The summed E-state index contributed by atoms with van der Waals surface area (Å²) >= 11 is 0. The number of anilines is 1. The van der Waals surface area contributed by atoms with Crippen molar-refractivity contribution in [2.24, 2.45) is 0 Å². The van der Waals surface area contributed by atoms with Gasteiger partial charge in [0.25, 0.3) is 0 Å². The van der Waals surface area contributed by atoms with E-state index in [9.17, 15) is 23.1 Å². The van der Waals surface area contributed by atoms with Crippen LogP contribution in [0.15, 0.2) is 48.5 Å². The predicted molar refractivity (Wildman–Crippen MR) is 104 cm³/mol. The Bertz CT molecular complexity index is 879. The molecule has 30 heavy (non-hydrogen) atoms. The molecule has 3 rings (SSSR count). The molecule has 9 heteroatoms. The maximum Gasteiger partial charge on any atom is 0.387 e. The predicted octanol–water partition coefficient (Wildman–Crippen LogP) is 3.27. The Hall–Kier alpha value is -2.78. The zero-order valence-corrected chi connectivity index (χ0v) is 16.4. The molecular weight excluding hydrogens is 401 g/mol. The van der Waals surface area contributed by atoms with Crippen molar-refractivity contribution in [3.63, 3.8) is 0 Å². The summed E-state index contributed by atoms with van der Waals surface area (Å²) in [7, 11) is 0. The first-order valence-electron chi connectivity index (χ1n) is 9.43. The number of piperidine rings is 1. The van der Waals surface area contributed by atoms with Crippen molar-refractivity contribution in [1.29, 1.82) is 0 Å². The SMILES string of the molecule is C[C@]1(O)CN(CC(=O)Nc2ccccc2OC(F)F)CC[C@@H]1Oc1cccc(F)c1. The van der Waals surface area contributed by atoms with E-state index in [1.165, 1.54) is 36.4 Å². The van der Waals surface area contributed by atoms with Crippen LogP contribution < -0.4 is 14.8 Å². The molecule has 2 aromatic carbocycles. The highest BCUT2D eigenvalue weighted by molar-refractivity contribution is 5.93. The molecule has 2 atom stereocenters. The molecule has 1 fully saturated rings. The van der Waals surface area contributed by atoms with E-state index >= 15 is 0 Å². The van der Waals surface area contributed by atoms with Gasteiger partial charge in [0.05, 0.1) is 12.2 Å². The standard InChI is InChI=1S/C21H23F3N2O4/c1-21(28)13-26(10-9-18(21)29-15-6-4-5-14(22)11-15)12-19(27)25-16-7-2-3-8-17(16)30-20(23)24/h2-8,11,18,20,28H,9-10,12-13H2,1H3,(H,25,27)/t18-,21-/m0/s1. The number of aliphatic hydroxyl groups is 1. The zero-order chi connectivity index (χ0) is 21.7. The smallest absolute Gasteiger partial charge is 0.387 e. The first-order valence-corrected chi connectivity index (χ1v) is 9.43. The van der Waals surface area contributed by atoms with Crippen molar-refractivity contribution >= 4 is 11.6 Å². The Labute approximate surface area is 172 Å². The van der Waals surface area contributed by atoms with E-state index < -0.39 is 30.0 Å². The molecule has 1 heterocycles. The van der Waals surface area contributed by atoms with Gasteiger partial charge < -0.3 is 19.9 Å². The second kappa shape index (κ2) is 9.36. The minimum Gasteiger partial charge on any atom is -0.487 e. The number of likely N-dealkylation sites (tertiary alicyclic amines) is 1. The number of benzene rings is 2. The van der Waals surface area contributed by atoms with Gasteiger partial charge in [-0.05, 0) is 37.6 Å². The van der Waals surface area contributed by atoms with Crippen molar-refractivity contribution < 1.29 is 32.5 Å². The lowest BCUT2D eigenvalue weighted by Crippen LogP contribution is -2.58. The topological polar surface area (TPSA) is 71.0 Å². The number of rotatable bonds is 7. The number of carbonyl (C=O) groups is 1. The van der Waals surface area contributed by atoms with Gasteiger partial charge in [-0.15, -0.1) is 0 Å². The van der Waals surface area contributed by atoms with Crippen molar-refractivity contribution in [2.45, 2.75) is 31.7 Å². The van der Waals surface area contributed by atoms with Gasteiger partial charge in [-0.1, -0.05) is 18.2 Å². The molecule has 0 bridgehead atoms. The number of nitrogens with zero attached hydrogens (tertiary/aromatic N) is 1. The van der Waals surface area contributed by atoms with E-state index in [0.29, 0.717) is 18.7 Å². The number of para-hydroxylation sites is 2. The highest BCUT2D eigenvalue weighted by Crippen LogP contribution is 2.28. The molecule has 2 N–H and O–H groups in total. The fraction of sp³-hybridized carbons (Fsp3) is 0.381. The van der Waals surface area contributed by atoms with Gasteiger partial charge in [0.15, 0.2) is 0 Å². The third-order valence-corrected chi connectivity index (χ3v) is 4.76. The Balaban J connectivity index is 1.57. The minimum atomic E-state index is -3.00. The molecule has 0 unspecified atom stereocenters. The first kappa shape index (κ1) is 21.9. The maximum absolute atomic E-state index is 13.4. The number of ether oxygens (including phenoxy) is 2. The lowest BCUT2D eigenvalue weighted by molar-refractivity contribution is -0.123. The second-order valence-electron chi connectivity index (χ2n) is 7.34. The average Bonchev–Trinajstić information content (AvgIpc) is 2.65. The van der Waals surface area contributed by atoms with Gasteiger partial charge in [-0.3, -0.25) is 9.69 Å². The number of β-amino-alcohol motifs (C(OH)–C–C–N with tert-alkyl or cyclic N) is 1. The Morgan fingerprint density at radius 2 is 2.07 bits per heavy atom. The largest absolute Gasteiger partial charge is 0.487 e. The second-order valence-corrected chi connectivity index (χ2v) is 7.34. The van der Waals surface area contributed by atoms with Gasteiger partial charge in [0, 0.05) is 19.2 Å². The van der Waals surface area contributed by atoms with Crippen LogP contribution in [0.1, 0.15) is 13.3 Å². The highest BCUT2D eigenvalue weighted by Gasteiger charge is 2.40. The number of amides is 1. The third kappa shape index (κ3) is 5.87. The lowest BCUT2D eigenvalue weighted by Gasteiger charge is -2.42. The van der Waals surface area contributed by atoms with Crippen LogP contribution in [0.25, 0.3) is 0 Å². The Morgan fingerprint density at radius 1 is 1.30 bits per heavy atom. The molecule has 6 nitrogen and oxygen atoms in total. The fourth-order valence-corrected chi connectivity index (χ4v) is 3.43. The van der Waals surface area contributed by atoms with Crippen molar-refractivity contribution in [2.75, 3.05) is 25.0 Å². The normalized spacial score (nSPS) is 22.0. The molecule has 1 aliphatic heterocycles. The van der Waals surface area contributed by atoms with Crippen LogP contribution >= 0.6 is 0 Å². The van der Waals surface area contributed by atoms with Crippen LogP contribution in [-0.4, -0.2) is 53.9 Å². The Kier molecular flexibility index (Phi) is 6.84. The van der Waals surface area contributed by atoms with E-state index in [1.54, 1.807) is 24.0 Å². The molecule has 0 saturated carbocycles. The Morgan fingerprint density at radius 3 is 2.77 bits per heavy atom. The summed E-state index contributed by atoms with van der Waals surface area (Å²) in [6.07, 6.45) is -0.152. The summed E-state index contributed by atoms with van der Waals surface area (Å²) in [6.45, 7) is -0.859. The van der Waals surface area contributed by atoms with Crippen molar-refractivity contribution in [1.82, 2.24) is 4.90 Å². The van der Waals surface area contributed by atoms with E-state index in [1.807, 2.05) is 0 Å². The number of carbonyl (C=O) groups excluding carboxylic acids is 1. The van der Waals surface area contributed by atoms with Crippen LogP contribution in [0.3, 0.4) is 0 Å². The molecule has 0 radical (unpaired) electrons. The maximum atomic E-state index is 13.4. The summed E-state index contributed by atoms with van der Waals surface area (Å²) < 4.78 is 48.5. The van der Waals surface area contributed by atoms with E-state index in [2.05, 4.69) is 10.1 Å². The molecular formula is C21H23F3N2O4. The van der Waals surface area contributed by atoms with Gasteiger partial charge in [0.1, 0.15) is 29.0 Å². The molecule has 1 amide bonds. The molecule has 0 aromatic heterocycles. The van der Waals surface area contributed by atoms with E-state index in [0.717, 1.165) is 0 Å². The zero-order valence-electron chi connectivity index (χ0n) is 16.4. The summed E-state index contributed by atoms with van der Waals surface area (Å²) in [5, 5.41) is 13.3. The van der Waals surface area contributed by atoms with Crippen molar-refractivity contribution in [3.8, 4) is 11.5 Å². The van der Waals surface area contributed by atoms with Crippen LogP contribution in [-0.2, 0) is 4.79 Å². The van der Waals surface area contributed by atoms with Crippen LogP contribution in [0.5, 0.6) is 11.5 Å². The monoisotopic (exact) mass is 424 g/mol. The van der Waals surface area contributed by atoms with Gasteiger partial charge in [-0.2, -0.15) is 8.78 Å². The average molecular weight is 424 g/mol. The van der Waals surface area contributed by atoms with Crippen LogP contribution in [0.2, 0.25) is 0 Å². The first-order chi connectivity index (χ1) is 14.2. The summed E-state index contributed by atoms with van der Waals surface area (Å²) in [5.41, 5.74) is -1.14. The molecule has 2 aromatic rings. The molecule has 1 aliphatic rings. The number of hydrogen-bond donors (Lipinski definition) is 2. The number of hydrogen-bond acceptors (Lipinski definition) is 5. The van der Waals surface area contributed by atoms with E-state index in [4.69, 9.17) is 4.74 Å². The summed E-state index contributed by atoms with van der Waals surface area (Å²) in [5.74, 6) is -0.671. The fourth-order valence-electron chi connectivity index (χ4n) is 3.43. The molecule has 1 saturated heterocycles. The third-order valence-electron chi connectivity index (χ3n) is 4.76. The lowest BCUT2D eigenvalue weighted by atomic mass is 9.91. The highest BCUT2D eigenvalue weighted by atomic mass is 19.3. The number of nitrogens with one attached hydrogen (secondary N) is 1. The van der Waals surface area contributed by atoms with Crippen molar-refractivity contribution in [3.05, 3.63) is 54.3 Å². The summed E-state index contributed by atoms with van der Waals surface area (Å²) in [6, 6.07) is 11.6. The summed E-state index contributed by atoms with van der Waals surface area (Å²) in [4.78, 5) is 14.1.